The Hall–Kier alpha value is -1.92. The highest BCUT2D eigenvalue weighted by Gasteiger charge is 2.17. The predicted molar refractivity (Wildman–Crippen MR) is 86.5 cm³/mol. The van der Waals surface area contributed by atoms with Gasteiger partial charge < -0.3 is 9.47 Å². The van der Waals surface area contributed by atoms with Gasteiger partial charge in [0.15, 0.2) is 0 Å². The third kappa shape index (κ3) is 3.45. The maximum absolute atomic E-state index is 12.4. The molecule has 7 heteroatoms. The highest BCUT2D eigenvalue weighted by atomic mass is 35.5. The van der Waals surface area contributed by atoms with Crippen LogP contribution >= 0.6 is 11.6 Å². The first-order valence-electron chi connectivity index (χ1n) is 6.38. The number of methoxy groups -OCH3 is 2. The van der Waals surface area contributed by atoms with Crippen molar-refractivity contribution in [3.63, 3.8) is 0 Å². The molecule has 0 spiro atoms. The molecule has 0 saturated heterocycles. The summed E-state index contributed by atoms with van der Waals surface area (Å²) in [5, 5.41) is 0.258. The van der Waals surface area contributed by atoms with E-state index < -0.39 is 10.0 Å². The van der Waals surface area contributed by atoms with Gasteiger partial charge in [-0.05, 0) is 42.8 Å². The normalized spacial score (nSPS) is 11.1. The second-order valence-corrected chi connectivity index (χ2v) is 6.67. The van der Waals surface area contributed by atoms with Gasteiger partial charge in [0.25, 0.3) is 10.0 Å². The van der Waals surface area contributed by atoms with Crippen LogP contribution in [0.25, 0.3) is 0 Å². The summed E-state index contributed by atoms with van der Waals surface area (Å²) in [6, 6.07) is 9.35. The first-order chi connectivity index (χ1) is 10.4. The molecule has 0 atom stereocenters. The molecule has 0 unspecified atom stereocenters. The van der Waals surface area contributed by atoms with Gasteiger partial charge in [0.2, 0.25) is 0 Å². The number of halogens is 1. The Morgan fingerprint density at radius 2 is 1.77 bits per heavy atom. The fourth-order valence-electron chi connectivity index (χ4n) is 1.93. The molecule has 2 aromatic rings. The maximum atomic E-state index is 12.4. The highest BCUT2D eigenvalue weighted by molar-refractivity contribution is 7.92. The summed E-state index contributed by atoms with van der Waals surface area (Å²) in [7, 11) is -0.691. The van der Waals surface area contributed by atoms with Crippen molar-refractivity contribution >= 4 is 27.3 Å². The summed E-state index contributed by atoms with van der Waals surface area (Å²) >= 11 is 6.05. The van der Waals surface area contributed by atoms with Crippen LogP contribution in [0, 0.1) is 6.92 Å². The lowest BCUT2D eigenvalue weighted by Gasteiger charge is -2.12. The van der Waals surface area contributed by atoms with E-state index in [9.17, 15) is 8.42 Å². The van der Waals surface area contributed by atoms with Crippen molar-refractivity contribution in [2.75, 3.05) is 18.9 Å². The van der Waals surface area contributed by atoms with Crippen LogP contribution < -0.4 is 14.2 Å². The molecular formula is C15H16ClNO4S. The molecule has 0 bridgehead atoms. The van der Waals surface area contributed by atoms with E-state index in [4.69, 9.17) is 21.1 Å². The van der Waals surface area contributed by atoms with Gasteiger partial charge in [-0.15, -0.1) is 0 Å². The van der Waals surface area contributed by atoms with Gasteiger partial charge in [-0.25, -0.2) is 8.42 Å². The van der Waals surface area contributed by atoms with Crippen LogP contribution in [-0.4, -0.2) is 22.6 Å². The van der Waals surface area contributed by atoms with Crippen molar-refractivity contribution in [3.05, 3.63) is 47.0 Å². The van der Waals surface area contributed by atoms with Gasteiger partial charge in [0, 0.05) is 6.07 Å². The topological polar surface area (TPSA) is 64.6 Å². The Balaban J connectivity index is 2.33. The molecule has 118 valence electrons. The Bertz CT molecular complexity index is 790. The molecule has 0 radical (unpaired) electrons. The maximum Gasteiger partial charge on any atom is 0.261 e. The predicted octanol–water partition coefficient (Wildman–Crippen LogP) is 3.47. The summed E-state index contributed by atoms with van der Waals surface area (Å²) in [6.45, 7) is 1.78. The Kier molecular flexibility index (Phi) is 4.83. The standard InChI is InChI=1S/C15H16ClNO4S/c1-10-8-12(5-7-15(10)21-3)22(18,19)17-14-6-4-11(20-2)9-13(14)16/h4-9,17H,1-3H3. The minimum Gasteiger partial charge on any atom is -0.497 e. The zero-order valence-electron chi connectivity index (χ0n) is 12.4. The fraction of sp³-hybridized carbons (Fsp3) is 0.200. The summed E-state index contributed by atoms with van der Waals surface area (Å²) in [4.78, 5) is 0.137. The van der Waals surface area contributed by atoms with Crippen LogP contribution in [0.1, 0.15) is 5.56 Å². The smallest absolute Gasteiger partial charge is 0.261 e. The molecule has 0 fully saturated rings. The fourth-order valence-corrected chi connectivity index (χ4v) is 3.37. The molecule has 1 N–H and O–H groups in total. The summed E-state index contributed by atoms with van der Waals surface area (Å²) in [5.74, 6) is 1.18. The van der Waals surface area contributed by atoms with Gasteiger partial charge in [0.1, 0.15) is 11.5 Å². The highest BCUT2D eigenvalue weighted by Crippen LogP contribution is 2.29. The van der Waals surface area contributed by atoms with Crippen molar-refractivity contribution in [2.24, 2.45) is 0 Å². The molecule has 2 aromatic carbocycles. The molecule has 0 aliphatic heterocycles. The summed E-state index contributed by atoms with van der Waals surface area (Å²) in [6.07, 6.45) is 0. The van der Waals surface area contributed by atoms with Crippen LogP contribution in [0.4, 0.5) is 5.69 Å². The molecule has 22 heavy (non-hydrogen) atoms. The van der Waals surface area contributed by atoms with Crippen molar-refractivity contribution in [3.8, 4) is 11.5 Å². The lowest BCUT2D eigenvalue weighted by atomic mass is 10.2. The molecule has 0 aliphatic rings. The second kappa shape index (κ2) is 6.46. The lowest BCUT2D eigenvalue weighted by Crippen LogP contribution is -2.13. The average Bonchev–Trinajstić information content (AvgIpc) is 2.49. The third-order valence-corrected chi connectivity index (χ3v) is 4.77. The Morgan fingerprint density at radius 1 is 1.05 bits per heavy atom. The van der Waals surface area contributed by atoms with Crippen molar-refractivity contribution in [1.82, 2.24) is 0 Å². The molecule has 0 saturated carbocycles. The lowest BCUT2D eigenvalue weighted by molar-refractivity contribution is 0.411. The minimum absolute atomic E-state index is 0.137. The second-order valence-electron chi connectivity index (χ2n) is 4.58. The number of ether oxygens (including phenoxy) is 2. The molecule has 0 heterocycles. The zero-order valence-corrected chi connectivity index (χ0v) is 14.0. The number of hydrogen-bond acceptors (Lipinski definition) is 4. The van der Waals surface area contributed by atoms with E-state index in [0.29, 0.717) is 11.5 Å². The monoisotopic (exact) mass is 341 g/mol. The number of aryl methyl sites for hydroxylation is 1. The summed E-state index contributed by atoms with van der Waals surface area (Å²) < 4.78 is 37.5. The molecule has 0 aromatic heterocycles. The first kappa shape index (κ1) is 16.5. The van der Waals surface area contributed by atoms with Crippen LogP contribution in [0.3, 0.4) is 0 Å². The number of nitrogens with one attached hydrogen (secondary N) is 1. The van der Waals surface area contributed by atoms with Gasteiger partial charge in [-0.3, -0.25) is 4.72 Å². The van der Waals surface area contributed by atoms with Crippen LogP contribution in [0.2, 0.25) is 5.02 Å². The molecule has 5 nitrogen and oxygen atoms in total. The molecule has 0 aliphatic carbocycles. The van der Waals surface area contributed by atoms with Crippen LogP contribution in [-0.2, 0) is 10.0 Å². The zero-order chi connectivity index (χ0) is 16.3. The van der Waals surface area contributed by atoms with Crippen molar-refractivity contribution < 1.29 is 17.9 Å². The Morgan fingerprint density at radius 3 is 2.32 bits per heavy atom. The minimum atomic E-state index is -3.73. The quantitative estimate of drug-likeness (QED) is 0.904. The van der Waals surface area contributed by atoms with E-state index in [1.165, 1.54) is 20.3 Å². The van der Waals surface area contributed by atoms with Gasteiger partial charge in [-0.1, -0.05) is 11.6 Å². The van der Waals surface area contributed by atoms with Gasteiger partial charge in [-0.2, -0.15) is 0 Å². The van der Waals surface area contributed by atoms with E-state index >= 15 is 0 Å². The number of benzene rings is 2. The van der Waals surface area contributed by atoms with Crippen LogP contribution in [0.15, 0.2) is 41.3 Å². The van der Waals surface area contributed by atoms with Crippen molar-refractivity contribution in [2.45, 2.75) is 11.8 Å². The number of sulfonamides is 1. The Labute approximate surface area is 134 Å². The first-order valence-corrected chi connectivity index (χ1v) is 8.24. The summed E-state index contributed by atoms with van der Waals surface area (Å²) in [5.41, 5.74) is 1.02. The average molecular weight is 342 g/mol. The van der Waals surface area contributed by atoms with Gasteiger partial charge in [0.05, 0.1) is 29.8 Å². The largest absolute Gasteiger partial charge is 0.497 e. The van der Waals surface area contributed by atoms with Crippen molar-refractivity contribution in [1.29, 1.82) is 0 Å². The van der Waals surface area contributed by atoms with E-state index in [-0.39, 0.29) is 15.6 Å². The molecule has 0 amide bonds. The number of rotatable bonds is 5. The molecular weight excluding hydrogens is 326 g/mol. The molecule has 2 rings (SSSR count). The third-order valence-electron chi connectivity index (χ3n) is 3.10. The SMILES string of the molecule is COc1ccc(NS(=O)(=O)c2ccc(OC)c(C)c2)c(Cl)c1. The van der Waals surface area contributed by atoms with E-state index in [0.717, 1.165) is 5.56 Å². The van der Waals surface area contributed by atoms with E-state index in [1.54, 1.807) is 37.3 Å². The van der Waals surface area contributed by atoms with Crippen LogP contribution in [0.5, 0.6) is 11.5 Å². The number of anilines is 1. The van der Waals surface area contributed by atoms with E-state index in [2.05, 4.69) is 4.72 Å². The van der Waals surface area contributed by atoms with Gasteiger partial charge >= 0.3 is 0 Å². The van der Waals surface area contributed by atoms with E-state index in [1.807, 2.05) is 0 Å². The number of hydrogen-bond donors (Lipinski definition) is 1.